The zero-order chi connectivity index (χ0) is 25.7. The van der Waals surface area contributed by atoms with E-state index in [1.54, 1.807) is 14.2 Å². The molecule has 0 atom stereocenters. The van der Waals surface area contributed by atoms with Gasteiger partial charge in [0.2, 0.25) is 5.95 Å². The number of benzene rings is 2. The summed E-state index contributed by atoms with van der Waals surface area (Å²) >= 11 is 5.54. The Bertz CT molecular complexity index is 1320. The summed E-state index contributed by atoms with van der Waals surface area (Å²) in [6, 6.07) is 18.9. The minimum absolute atomic E-state index is 0.213. The second kappa shape index (κ2) is 11.0. The number of piperidine rings is 1. The van der Waals surface area contributed by atoms with Crippen molar-refractivity contribution in [3.63, 3.8) is 0 Å². The second-order valence-corrected chi connectivity index (χ2v) is 9.26. The van der Waals surface area contributed by atoms with Gasteiger partial charge in [0.25, 0.3) is 0 Å². The average Bonchev–Trinajstić information content (AvgIpc) is 2.88. The summed E-state index contributed by atoms with van der Waals surface area (Å²) in [6.07, 6.45) is 1.32. The van der Waals surface area contributed by atoms with Crippen molar-refractivity contribution in [3.8, 4) is 22.8 Å². The number of fused-ring (bicyclic) bond motifs is 1. The Kier molecular flexibility index (Phi) is 7.76. The molecular formula is C27H30ClN5O3. The molecule has 2 aromatic heterocycles. The number of halogens is 1. The van der Waals surface area contributed by atoms with Crippen molar-refractivity contribution in [1.82, 2.24) is 15.0 Å². The van der Waals surface area contributed by atoms with Crippen LogP contribution in [0.3, 0.4) is 0 Å². The Hall–Kier alpha value is -3.62. The number of pyridine rings is 1. The van der Waals surface area contributed by atoms with Crippen molar-refractivity contribution in [2.24, 2.45) is 0 Å². The Morgan fingerprint density at radius 3 is 2.22 bits per heavy atom. The zero-order valence-electron chi connectivity index (χ0n) is 20.6. The number of methoxy groups -OCH3 is 2. The molecule has 1 aliphatic heterocycles. The van der Waals surface area contributed by atoms with E-state index in [1.807, 2.05) is 67.6 Å². The minimum Gasteiger partial charge on any atom is -0.493 e. The van der Waals surface area contributed by atoms with Crippen molar-refractivity contribution < 1.29 is 14.6 Å². The molecule has 9 heteroatoms. The molecule has 0 amide bonds. The second-order valence-electron chi connectivity index (χ2n) is 8.82. The van der Waals surface area contributed by atoms with Crippen LogP contribution in [0.4, 0.5) is 11.8 Å². The molecule has 1 fully saturated rings. The fourth-order valence-electron chi connectivity index (χ4n) is 4.01. The molecule has 4 aromatic rings. The highest BCUT2D eigenvalue weighted by atomic mass is 35.5. The smallest absolute Gasteiger partial charge is 0.222 e. The quantitative estimate of drug-likeness (QED) is 0.398. The van der Waals surface area contributed by atoms with E-state index in [2.05, 4.69) is 14.9 Å². The molecule has 0 bridgehead atoms. The van der Waals surface area contributed by atoms with Crippen LogP contribution in [0.5, 0.6) is 11.5 Å². The van der Waals surface area contributed by atoms with E-state index in [1.165, 1.54) is 0 Å². The monoisotopic (exact) mass is 507 g/mol. The number of anilines is 2. The highest BCUT2D eigenvalue weighted by Crippen LogP contribution is 2.34. The van der Waals surface area contributed by atoms with Crippen molar-refractivity contribution in [2.75, 3.05) is 37.9 Å². The van der Waals surface area contributed by atoms with Crippen molar-refractivity contribution >= 4 is 34.4 Å². The summed E-state index contributed by atoms with van der Waals surface area (Å²) in [5.41, 5.74) is 8.35. The van der Waals surface area contributed by atoms with E-state index in [-0.39, 0.29) is 5.95 Å². The van der Waals surface area contributed by atoms with Gasteiger partial charge >= 0.3 is 0 Å². The lowest BCUT2D eigenvalue weighted by Gasteiger charge is -2.36. The molecule has 36 heavy (non-hydrogen) atoms. The predicted octanol–water partition coefficient (Wildman–Crippen LogP) is 4.98. The summed E-state index contributed by atoms with van der Waals surface area (Å²) in [5, 5.41) is 11.1. The number of ether oxygens (including phenoxy) is 2. The zero-order valence-corrected chi connectivity index (χ0v) is 21.4. The number of rotatable bonds is 4. The van der Waals surface area contributed by atoms with Crippen LogP contribution in [0.25, 0.3) is 22.3 Å². The Morgan fingerprint density at radius 1 is 0.917 bits per heavy atom. The molecule has 0 saturated carbocycles. The van der Waals surface area contributed by atoms with Gasteiger partial charge in [-0.05, 0) is 62.2 Å². The van der Waals surface area contributed by atoms with Crippen LogP contribution in [0, 0.1) is 0 Å². The van der Waals surface area contributed by atoms with Gasteiger partial charge in [0.15, 0.2) is 17.3 Å². The van der Waals surface area contributed by atoms with Gasteiger partial charge in [-0.1, -0.05) is 29.8 Å². The molecule has 5 rings (SSSR count). The molecule has 3 heterocycles. The van der Waals surface area contributed by atoms with Crippen LogP contribution in [0.15, 0.2) is 60.7 Å². The summed E-state index contributed by atoms with van der Waals surface area (Å²) in [5.74, 6) is 2.21. The SMILES string of the molecule is COc1ccc(-c2ccc3nc(N)nc(N4CCC(C)(O)CC4)c3n2)cc1OC.Clc1ccccc1. The predicted molar refractivity (Wildman–Crippen MR) is 144 cm³/mol. The lowest BCUT2D eigenvalue weighted by molar-refractivity contribution is 0.0350. The third-order valence-electron chi connectivity index (χ3n) is 6.09. The van der Waals surface area contributed by atoms with E-state index < -0.39 is 5.60 Å². The van der Waals surface area contributed by atoms with Crippen molar-refractivity contribution in [2.45, 2.75) is 25.4 Å². The first-order valence-electron chi connectivity index (χ1n) is 11.6. The summed E-state index contributed by atoms with van der Waals surface area (Å²) in [4.78, 5) is 15.8. The van der Waals surface area contributed by atoms with E-state index in [9.17, 15) is 5.11 Å². The largest absolute Gasteiger partial charge is 0.493 e. The van der Waals surface area contributed by atoms with Gasteiger partial charge in [0.1, 0.15) is 5.52 Å². The molecule has 0 spiro atoms. The molecule has 8 nitrogen and oxygen atoms in total. The first-order chi connectivity index (χ1) is 17.3. The highest BCUT2D eigenvalue weighted by Gasteiger charge is 2.29. The molecule has 0 unspecified atom stereocenters. The number of nitrogen functional groups attached to an aromatic ring is 1. The molecule has 1 aliphatic rings. The van der Waals surface area contributed by atoms with E-state index in [4.69, 9.17) is 31.8 Å². The van der Waals surface area contributed by atoms with Gasteiger partial charge in [-0.3, -0.25) is 0 Å². The lowest BCUT2D eigenvalue weighted by Crippen LogP contribution is -2.43. The first kappa shape index (κ1) is 25.5. The highest BCUT2D eigenvalue weighted by molar-refractivity contribution is 6.30. The maximum absolute atomic E-state index is 10.3. The van der Waals surface area contributed by atoms with Gasteiger partial charge in [0.05, 0.1) is 31.0 Å². The lowest BCUT2D eigenvalue weighted by atomic mass is 9.94. The van der Waals surface area contributed by atoms with Crippen LogP contribution in [-0.4, -0.2) is 53.0 Å². The number of aliphatic hydroxyl groups is 1. The Labute approximate surface area is 215 Å². The van der Waals surface area contributed by atoms with E-state index in [0.29, 0.717) is 54.3 Å². The topological polar surface area (TPSA) is 107 Å². The van der Waals surface area contributed by atoms with Crippen molar-refractivity contribution in [1.29, 1.82) is 0 Å². The minimum atomic E-state index is -0.650. The first-order valence-corrected chi connectivity index (χ1v) is 12.0. The fraction of sp³-hybridized carbons (Fsp3) is 0.296. The number of hydrogen-bond donors (Lipinski definition) is 2. The van der Waals surface area contributed by atoms with Gasteiger partial charge in [-0.25, -0.2) is 9.97 Å². The number of hydrogen-bond acceptors (Lipinski definition) is 8. The van der Waals surface area contributed by atoms with Crippen LogP contribution in [0.1, 0.15) is 19.8 Å². The summed E-state index contributed by atoms with van der Waals surface area (Å²) in [7, 11) is 3.21. The van der Waals surface area contributed by atoms with Crippen LogP contribution < -0.4 is 20.1 Å². The fourth-order valence-corrected chi connectivity index (χ4v) is 4.15. The molecule has 3 N–H and O–H groups in total. The molecule has 188 valence electrons. The van der Waals surface area contributed by atoms with Crippen LogP contribution >= 0.6 is 11.6 Å². The van der Waals surface area contributed by atoms with Gasteiger partial charge in [-0.15, -0.1) is 0 Å². The number of aromatic nitrogens is 3. The summed E-state index contributed by atoms with van der Waals surface area (Å²) < 4.78 is 10.7. The van der Waals surface area contributed by atoms with Gasteiger partial charge in [0, 0.05) is 23.7 Å². The number of nitrogens with two attached hydrogens (primary N) is 1. The van der Waals surface area contributed by atoms with E-state index in [0.717, 1.165) is 16.3 Å². The van der Waals surface area contributed by atoms with E-state index >= 15 is 0 Å². The molecule has 0 aliphatic carbocycles. The number of nitrogens with zero attached hydrogens (tertiary/aromatic N) is 4. The van der Waals surface area contributed by atoms with Crippen LogP contribution in [0.2, 0.25) is 5.02 Å². The molecule has 2 aromatic carbocycles. The average molecular weight is 508 g/mol. The Morgan fingerprint density at radius 2 is 1.61 bits per heavy atom. The standard InChI is InChI=1S/C21H25N5O3.C6H5Cl/c1-21(27)8-10-26(11-9-21)19-18-15(24-20(22)25-19)6-5-14(23-18)13-4-7-16(28-2)17(12-13)29-3;7-6-4-2-1-3-5-6/h4-7,12,27H,8-11H2,1-3H3,(H2,22,24,25);1-5H. The third kappa shape index (κ3) is 5.95. The van der Waals surface area contributed by atoms with Gasteiger partial charge < -0.3 is 25.2 Å². The molecule has 1 saturated heterocycles. The third-order valence-corrected chi connectivity index (χ3v) is 6.35. The molecule has 0 radical (unpaired) electrons. The maximum Gasteiger partial charge on any atom is 0.222 e. The Balaban J connectivity index is 0.000000375. The van der Waals surface area contributed by atoms with Crippen LogP contribution in [-0.2, 0) is 0 Å². The molecular weight excluding hydrogens is 478 g/mol. The maximum atomic E-state index is 10.3. The van der Waals surface area contributed by atoms with Gasteiger partial charge in [-0.2, -0.15) is 4.98 Å². The summed E-state index contributed by atoms with van der Waals surface area (Å²) in [6.45, 7) is 3.23. The normalized spacial score (nSPS) is 14.6. The van der Waals surface area contributed by atoms with Crippen molar-refractivity contribution in [3.05, 3.63) is 65.7 Å².